The van der Waals surface area contributed by atoms with Gasteiger partial charge < -0.3 is 13.9 Å². The first-order chi connectivity index (χ1) is 13.2. The predicted octanol–water partition coefficient (Wildman–Crippen LogP) is 4.92. The number of rotatable bonds is 6. The topological polar surface area (TPSA) is 70.3 Å². The molecule has 1 aliphatic rings. The van der Waals surface area contributed by atoms with E-state index in [1.807, 2.05) is 6.92 Å². The highest BCUT2D eigenvalue weighted by molar-refractivity contribution is 5.77. The summed E-state index contributed by atoms with van der Waals surface area (Å²) in [5.74, 6) is 0.249. The van der Waals surface area contributed by atoms with Gasteiger partial charge in [-0.15, -0.1) is 0 Å². The molecule has 2 heterocycles. The Hall–Kier alpha value is -2.70. The van der Waals surface area contributed by atoms with Crippen LogP contribution in [-0.2, 0) is 0 Å². The number of oxazole rings is 1. The molecular formula is C20H22FN3O3. The summed E-state index contributed by atoms with van der Waals surface area (Å²) < 4.78 is 31.0. The average molecular weight is 371 g/mol. The van der Waals surface area contributed by atoms with Gasteiger partial charge in [-0.05, 0) is 50.3 Å². The van der Waals surface area contributed by atoms with Crippen LogP contribution in [0.4, 0.5) is 4.39 Å². The van der Waals surface area contributed by atoms with Gasteiger partial charge in [-0.25, -0.2) is 9.37 Å². The van der Waals surface area contributed by atoms with Crippen molar-refractivity contribution in [1.29, 1.82) is 0 Å². The Balaban J connectivity index is 1.70. The van der Waals surface area contributed by atoms with Crippen LogP contribution < -0.4 is 9.47 Å². The number of aromatic nitrogens is 3. The Morgan fingerprint density at radius 2 is 2.00 bits per heavy atom. The lowest BCUT2D eigenvalue weighted by Crippen LogP contribution is -2.20. The van der Waals surface area contributed by atoms with Crippen molar-refractivity contribution in [3.05, 3.63) is 30.1 Å². The van der Waals surface area contributed by atoms with Crippen LogP contribution in [0.2, 0.25) is 0 Å². The van der Waals surface area contributed by atoms with E-state index in [9.17, 15) is 4.39 Å². The molecule has 7 heteroatoms. The van der Waals surface area contributed by atoms with Crippen LogP contribution in [0.5, 0.6) is 11.9 Å². The molecule has 0 unspecified atom stereocenters. The quantitative estimate of drug-likeness (QED) is 0.612. The van der Waals surface area contributed by atoms with Crippen LogP contribution in [0.15, 0.2) is 28.7 Å². The van der Waals surface area contributed by atoms with E-state index in [2.05, 4.69) is 15.0 Å². The summed E-state index contributed by atoms with van der Waals surface area (Å²) in [7, 11) is 0. The highest BCUT2D eigenvalue weighted by Gasteiger charge is 2.21. The highest BCUT2D eigenvalue weighted by atomic mass is 19.1. The summed E-state index contributed by atoms with van der Waals surface area (Å²) >= 11 is 0. The zero-order valence-corrected chi connectivity index (χ0v) is 15.3. The minimum atomic E-state index is -0.357. The van der Waals surface area contributed by atoms with Crippen molar-refractivity contribution in [1.82, 2.24) is 15.0 Å². The van der Waals surface area contributed by atoms with Crippen LogP contribution in [0.3, 0.4) is 0 Å². The number of fused-ring (bicyclic) bond motifs is 1. The monoisotopic (exact) mass is 371 g/mol. The van der Waals surface area contributed by atoms with E-state index in [0.29, 0.717) is 23.6 Å². The third-order valence-electron chi connectivity index (χ3n) is 4.54. The van der Waals surface area contributed by atoms with Gasteiger partial charge in [-0.2, -0.15) is 9.97 Å². The van der Waals surface area contributed by atoms with E-state index in [1.165, 1.54) is 18.6 Å². The molecule has 0 atom stereocenters. The Morgan fingerprint density at radius 1 is 1.15 bits per heavy atom. The Kier molecular flexibility index (Phi) is 5.18. The Morgan fingerprint density at radius 3 is 2.78 bits per heavy atom. The molecule has 0 spiro atoms. The first-order valence-corrected chi connectivity index (χ1v) is 9.47. The lowest BCUT2D eigenvalue weighted by atomic mass is 9.98. The molecule has 142 valence electrons. The maximum absolute atomic E-state index is 13.5. The molecule has 1 fully saturated rings. The molecule has 1 aliphatic carbocycles. The molecule has 0 amide bonds. The Labute approximate surface area is 156 Å². The molecule has 2 aromatic heterocycles. The Bertz CT molecular complexity index is 922. The second kappa shape index (κ2) is 7.90. The van der Waals surface area contributed by atoms with Crippen molar-refractivity contribution in [2.45, 2.75) is 51.6 Å². The van der Waals surface area contributed by atoms with E-state index in [-0.39, 0.29) is 29.5 Å². The van der Waals surface area contributed by atoms with Gasteiger partial charge in [-0.3, -0.25) is 0 Å². The molecule has 3 aromatic rings. The van der Waals surface area contributed by atoms with Crippen LogP contribution in [0.1, 0.15) is 45.4 Å². The lowest BCUT2D eigenvalue weighted by Gasteiger charge is -2.21. The van der Waals surface area contributed by atoms with E-state index in [1.54, 1.807) is 12.1 Å². The molecule has 1 saturated carbocycles. The number of benzene rings is 1. The summed E-state index contributed by atoms with van der Waals surface area (Å²) in [6, 6.07) is 6.31. The van der Waals surface area contributed by atoms with Crippen molar-refractivity contribution in [3.63, 3.8) is 0 Å². The van der Waals surface area contributed by atoms with E-state index >= 15 is 0 Å². The number of hydrogen-bond acceptors (Lipinski definition) is 6. The van der Waals surface area contributed by atoms with Gasteiger partial charge in [0, 0.05) is 5.56 Å². The first-order valence-electron chi connectivity index (χ1n) is 9.47. The fraction of sp³-hybridized carbons (Fsp3) is 0.450. The number of halogens is 1. The summed E-state index contributed by atoms with van der Waals surface area (Å²) in [5, 5.41) is 0. The summed E-state index contributed by atoms with van der Waals surface area (Å²) in [4.78, 5) is 13.2. The van der Waals surface area contributed by atoms with Crippen molar-refractivity contribution in [3.8, 4) is 23.3 Å². The lowest BCUT2D eigenvalue weighted by molar-refractivity contribution is 0.140. The molecule has 27 heavy (non-hydrogen) atoms. The second-order valence-corrected chi connectivity index (χ2v) is 6.72. The second-order valence-electron chi connectivity index (χ2n) is 6.72. The zero-order valence-electron chi connectivity index (χ0n) is 15.3. The molecule has 0 aliphatic heterocycles. The van der Waals surface area contributed by atoms with Crippen molar-refractivity contribution < 1.29 is 18.3 Å². The molecular weight excluding hydrogens is 349 g/mol. The smallest absolute Gasteiger partial charge is 0.323 e. The minimum absolute atomic E-state index is 0.112. The predicted molar refractivity (Wildman–Crippen MR) is 98.3 cm³/mol. The van der Waals surface area contributed by atoms with Crippen molar-refractivity contribution >= 4 is 11.2 Å². The van der Waals surface area contributed by atoms with Gasteiger partial charge in [-0.1, -0.05) is 19.4 Å². The van der Waals surface area contributed by atoms with Gasteiger partial charge in [0.1, 0.15) is 11.9 Å². The largest absolute Gasteiger partial charge is 0.476 e. The number of ether oxygens (including phenoxy) is 2. The molecule has 0 radical (unpaired) electrons. The normalized spacial score (nSPS) is 15.2. The van der Waals surface area contributed by atoms with Crippen LogP contribution >= 0.6 is 0 Å². The molecule has 0 bridgehead atoms. The van der Waals surface area contributed by atoms with Gasteiger partial charge in [0.05, 0.1) is 6.61 Å². The fourth-order valence-corrected chi connectivity index (χ4v) is 3.21. The zero-order chi connectivity index (χ0) is 18.6. The fourth-order valence-electron chi connectivity index (χ4n) is 3.21. The SMILES string of the molecule is CCCOc1nc(OC2CCCCC2)nc2oc(-c3cccc(F)c3)nc12. The van der Waals surface area contributed by atoms with E-state index in [0.717, 1.165) is 32.1 Å². The minimum Gasteiger partial charge on any atom is -0.476 e. The maximum Gasteiger partial charge on any atom is 0.323 e. The van der Waals surface area contributed by atoms with Gasteiger partial charge in [0.2, 0.25) is 5.89 Å². The molecule has 0 N–H and O–H groups in total. The number of nitrogens with zero attached hydrogens (tertiary/aromatic N) is 3. The third-order valence-corrected chi connectivity index (χ3v) is 4.54. The third kappa shape index (κ3) is 4.02. The summed E-state index contributed by atoms with van der Waals surface area (Å²) in [6.07, 6.45) is 6.48. The van der Waals surface area contributed by atoms with Gasteiger partial charge >= 0.3 is 6.01 Å². The average Bonchev–Trinajstić information content (AvgIpc) is 3.11. The molecule has 0 saturated heterocycles. The summed E-state index contributed by atoms with van der Waals surface area (Å²) in [6.45, 7) is 2.51. The van der Waals surface area contributed by atoms with Crippen LogP contribution in [0, 0.1) is 5.82 Å². The van der Waals surface area contributed by atoms with Crippen molar-refractivity contribution in [2.75, 3.05) is 6.61 Å². The molecule has 1 aromatic carbocycles. The standard InChI is InChI=1S/C20H22FN3O3/c1-2-11-25-18-16-19(24-20(23-18)26-15-9-4-3-5-10-15)27-17(22-16)13-7-6-8-14(21)12-13/h6-8,12,15H,2-5,9-11H2,1H3. The molecule has 4 rings (SSSR count). The van der Waals surface area contributed by atoms with Gasteiger partial charge in [0.15, 0.2) is 5.52 Å². The maximum atomic E-state index is 13.5. The molecule has 6 nitrogen and oxygen atoms in total. The summed E-state index contributed by atoms with van der Waals surface area (Å²) in [5.41, 5.74) is 1.23. The van der Waals surface area contributed by atoms with Crippen LogP contribution in [0.25, 0.3) is 22.7 Å². The highest BCUT2D eigenvalue weighted by Crippen LogP contribution is 2.31. The van der Waals surface area contributed by atoms with Crippen molar-refractivity contribution in [2.24, 2.45) is 0 Å². The van der Waals surface area contributed by atoms with Crippen LogP contribution in [-0.4, -0.2) is 27.7 Å². The van der Waals surface area contributed by atoms with Gasteiger partial charge in [0.25, 0.3) is 11.6 Å². The number of hydrogen-bond donors (Lipinski definition) is 0. The van der Waals surface area contributed by atoms with E-state index < -0.39 is 0 Å². The van der Waals surface area contributed by atoms with E-state index in [4.69, 9.17) is 13.9 Å². The first kappa shape index (κ1) is 17.7.